The van der Waals surface area contributed by atoms with Crippen LogP contribution in [-0.2, 0) is 27.2 Å². The molecule has 3 N–H and O–H groups in total. The lowest BCUT2D eigenvalue weighted by molar-refractivity contribution is -0.128. The van der Waals surface area contributed by atoms with Gasteiger partial charge in [-0.3, -0.25) is 24.6 Å². The Bertz CT molecular complexity index is 1420. The van der Waals surface area contributed by atoms with E-state index >= 15 is 0 Å². The number of para-hydroxylation sites is 2. The topological polar surface area (TPSA) is 117 Å². The number of carbonyl (C=O) groups excluding carboxylic acids is 4. The number of urea groups is 1. The molecule has 0 bridgehead atoms. The van der Waals surface area contributed by atoms with E-state index < -0.39 is 17.7 Å². The lowest BCUT2D eigenvalue weighted by atomic mass is 9.96. The molecule has 3 aliphatic rings. The van der Waals surface area contributed by atoms with Gasteiger partial charge in [-0.25, -0.2) is 4.79 Å². The minimum Gasteiger partial charge on any atom is -0.474 e. The Hall–Kier alpha value is -4.66. The standard InChI is InChI=1S/C27H22N4O5/c32-22(28-19-11-10-17-13-27(14-18(17)12-19)25(34)29-26(35)30-27)15-31-20-8-4-5-9-21(20)36-23(24(31)33)16-6-2-1-3-7-16/h1-12,23H,13-15H2,(H,28,32)(H2,29,30,34,35). The number of hydrogen-bond acceptors (Lipinski definition) is 5. The van der Waals surface area contributed by atoms with Crippen LogP contribution in [0.25, 0.3) is 0 Å². The van der Waals surface area contributed by atoms with Crippen molar-refractivity contribution in [2.45, 2.75) is 24.5 Å². The van der Waals surface area contributed by atoms with Crippen LogP contribution in [0, 0.1) is 0 Å². The van der Waals surface area contributed by atoms with E-state index in [0.29, 0.717) is 35.5 Å². The summed E-state index contributed by atoms with van der Waals surface area (Å²) in [6.07, 6.45) is -0.107. The van der Waals surface area contributed by atoms with E-state index in [2.05, 4.69) is 16.0 Å². The molecule has 6 rings (SSSR count). The van der Waals surface area contributed by atoms with Gasteiger partial charge in [0.1, 0.15) is 17.8 Å². The summed E-state index contributed by atoms with van der Waals surface area (Å²) in [4.78, 5) is 51.8. The molecule has 3 aromatic carbocycles. The third kappa shape index (κ3) is 3.65. The van der Waals surface area contributed by atoms with Crippen LogP contribution in [-0.4, -0.2) is 35.8 Å². The molecule has 1 saturated heterocycles. The van der Waals surface area contributed by atoms with E-state index in [4.69, 9.17) is 4.74 Å². The van der Waals surface area contributed by atoms with Crippen molar-refractivity contribution in [2.75, 3.05) is 16.8 Å². The summed E-state index contributed by atoms with van der Waals surface area (Å²) in [6.45, 7) is -0.192. The second-order valence-corrected chi connectivity index (χ2v) is 9.18. The summed E-state index contributed by atoms with van der Waals surface area (Å²) in [5.41, 5.74) is 2.63. The molecule has 3 aromatic rings. The molecule has 2 unspecified atom stereocenters. The molecule has 9 heteroatoms. The smallest absolute Gasteiger partial charge is 0.322 e. The van der Waals surface area contributed by atoms with Gasteiger partial charge in [0.2, 0.25) is 12.0 Å². The Labute approximate surface area is 206 Å². The lowest BCUT2D eigenvalue weighted by Crippen LogP contribution is -2.47. The summed E-state index contributed by atoms with van der Waals surface area (Å²) in [5, 5.41) is 7.89. The van der Waals surface area contributed by atoms with E-state index in [9.17, 15) is 19.2 Å². The number of anilines is 2. The molecule has 0 radical (unpaired) electrons. The highest BCUT2D eigenvalue weighted by atomic mass is 16.5. The Morgan fingerprint density at radius 3 is 2.50 bits per heavy atom. The molecule has 1 spiro atoms. The molecule has 0 aromatic heterocycles. The minimum atomic E-state index is -0.974. The number of fused-ring (bicyclic) bond motifs is 2. The van der Waals surface area contributed by atoms with Crippen LogP contribution < -0.4 is 25.6 Å². The average Bonchev–Trinajstić information content (AvgIpc) is 3.37. The first-order valence-electron chi connectivity index (χ1n) is 11.6. The highest BCUT2D eigenvalue weighted by Gasteiger charge is 2.50. The summed E-state index contributed by atoms with van der Waals surface area (Å²) in [5.74, 6) is -0.509. The number of rotatable bonds is 4. The molecule has 1 aliphatic carbocycles. The monoisotopic (exact) mass is 482 g/mol. The van der Waals surface area contributed by atoms with Crippen molar-refractivity contribution >= 4 is 35.1 Å². The summed E-state index contributed by atoms with van der Waals surface area (Å²) in [6, 6.07) is 21.2. The highest BCUT2D eigenvalue weighted by molar-refractivity contribution is 6.08. The van der Waals surface area contributed by atoms with Gasteiger partial charge in [-0.1, -0.05) is 48.5 Å². The Morgan fingerprint density at radius 1 is 0.972 bits per heavy atom. The van der Waals surface area contributed by atoms with Crippen LogP contribution >= 0.6 is 0 Å². The van der Waals surface area contributed by atoms with Crippen molar-refractivity contribution < 1.29 is 23.9 Å². The van der Waals surface area contributed by atoms with Gasteiger partial charge < -0.3 is 15.4 Å². The fourth-order valence-electron chi connectivity index (χ4n) is 5.09. The first kappa shape index (κ1) is 21.8. The van der Waals surface area contributed by atoms with Crippen molar-refractivity contribution in [3.8, 4) is 5.75 Å². The quantitative estimate of drug-likeness (QED) is 0.494. The van der Waals surface area contributed by atoms with Gasteiger partial charge in [-0.05, 0) is 35.4 Å². The predicted octanol–water partition coefficient (Wildman–Crippen LogP) is 2.47. The molecule has 9 nitrogen and oxygen atoms in total. The number of nitrogens with one attached hydrogen (secondary N) is 3. The van der Waals surface area contributed by atoms with Gasteiger partial charge in [-0.15, -0.1) is 0 Å². The van der Waals surface area contributed by atoms with E-state index in [1.165, 1.54) is 4.90 Å². The van der Waals surface area contributed by atoms with Crippen molar-refractivity contribution in [3.05, 3.63) is 89.5 Å². The number of ether oxygens (including phenoxy) is 1. The van der Waals surface area contributed by atoms with Crippen LogP contribution in [0.5, 0.6) is 5.75 Å². The zero-order chi connectivity index (χ0) is 24.9. The number of imide groups is 1. The van der Waals surface area contributed by atoms with Crippen molar-refractivity contribution in [1.82, 2.24) is 10.6 Å². The normalized spacial score (nSPS) is 21.9. The van der Waals surface area contributed by atoms with Crippen LogP contribution in [0.4, 0.5) is 16.2 Å². The van der Waals surface area contributed by atoms with E-state index in [0.717, 1.165) is 11.1 Å². The molecule has 2 heterocycles. The maximum Gasteiger partial charge on any atom is 0.322 e. The third-order valence-electron chi connectivity index (χ3n) is 6.78. The average molecular weight is 482 g/mol. The molecular weight excluding hydrogens is 460 g/mol. The molecule has 36 heavy (non-hydrogen) atoms. The Balaban J connectivity index is 1.21. The molecule has 180 valence electrons. The first-order chi connectivity index (χ1) is 17.4. The Kier molecular flexibility index (Phi) is 4.99. The zero-order valence-electron chi connectivity index (χ0n) is 19.1. The number of nitrogens with zero attached hydrogens (tertiary/aromatic N) is 1. The van der Waals surface area contributed by atoms with E-state index in [-0.39, 0.29) is 24.3 Å². The fraction of sp³-hybridized carbons (Fsp3) is 0.185. The van der Waals surface area contributed by atoms with E-state index in [1.54, 1.807) is 24.3 Å². The molecule has 0 saturated carbocycles. The molecule has 1 fully saturated rings. The number of amides is 5. The predicted molar refractivity (Wildman–Crippen MR) is 130 cm³/mol. The van der Waals surface area contributed by atoms with Gasteiger partial charge in [0.25, 0.3) is 11.8 Å². The Morgan fingerprint density at radius 2 is 1.72 bits per heavy atom. The summed E-state index contributed by atoms with van der Waals surface area (Å²) in [7, 11) is 0. The maximum absolute atomic E-state index is 13.4. The number of carbonyl (C=O) groups is 4. The van der Waals surface area contributed by atoms with Crippen LogP contribution in [0.15, 0.2) is 72.8 Å². The molecule has 5 amide bonds. The van der Waals surface area contributed by atoms with Crippen LogP contribution in [0.2, 0.25) is 0 Å². The van der Waals surface area contributed by atoms with Gasteiger partial charge in [0, 0.05) is 24.1 Å². The summed E-state index contributed by atoms with van der Waals surface area (Å²) < 4.78 is 5.99. The lowest BCUT2D eigenvalue weighted by Gasteiger charge is -2.34. The van der Waals surface area contributed by atoms with Crippen molar-refractivity contribution in [1.29, 1.82) is 0 Å². The maximum atomic E-state index is 13.4. The first-order valence-corrected chi connectivity index (χ1v) is 11.6. The van der Waals surface area contributed by atoms with Gasteiger partial charge in [0.05, 0.1) is 5.69 Å². The molecule has 2 atom stereocenters. The number of benzene rings is 3. The minimum absolute atomic E-state index is 0.192. The number of hydrogen-bond donors (Lipinski definition) is 3. The van der Waals surface area contributed by atoms with Crippen LogP contribution in [0.3, 0.4) is 0 Å². The fourth-order valence-corrected chi connectivity index (χ4v) is 5.09. The van der Waals surface area contributed by atoms with Gasteiger partial charge in [-0.2, -0.15) is 0 Å². The second-order valence-electron chi connectivity index (χ2n) is 9.18. The molecular formula is C27H22N4O5. The molecule has 2 aliphatic heterocycles. The summed E-state index contributed by atoms with van der Waals surface area (Å²) >= 11 is 0. The highest BCUT2D eigenvalue weighted by Crippen LogP contribution is 2.39. The third-order valence-corrected chi connectivity index (χ3v) is 6.78. The SMILES string of the molecule is O=C(CN1C(=O)C(c2ccccc2)Oc2ccccc21)Nc1ccc2c(c1)CC1(C2)NC(=O)NC1=O. The van der Waals surface area contributed by atoms with E-state index in [1.807, 2.05) is 48.5 Å². The van der Waals surface area contributed by atoms with Gasteiger partial charge >= 0.3 is 6.03 Å². The van der Waals surface area contributed by atoms with Crippen molar-refractivity contribution in [3.63, 3.8) is 0 Å². The zero-order valence-corrected chi connectivity index (χ0v) is 19.1. The van der Waals surface area contributed by atoms with Crippen molar-refractivity contribution in [2.24, 2.45) is 0 Å². The largest absolute Gasteiger partial charge is 0.474 e. The van der Waals surface area contributed by atoms with Crippen LogP contribution in [0.1, 0.15) is 22.8 Å². The van der Waals surface area contributed by atoms with Gasteiger partial charge in [0.15, 0.2) is 0 Å². The second kappa shape index (κ2) is 8.23.